The molecule has 0 atom stereocenters. The van der Waals surface area contributed by atoms with Gasteiger partial charge >= 0.3 is 5.97 Å². The van der Waals surface area contributed by atoms with Crippen LogP contribution in [0, 0.1) is 5.82 Å². The van der Waals surface area contributed by atoms with E-state index in [4.69, 9.17) is 28.3 Å². The fourth-order valence-corrected chi connectivity index (χ4v) is 1.66. The Morgan fingerprint density at radius 3 is 2.28 bits per heavy atom. The van der Waals surface area contributed by atoms with E-state index < -0.39 is 11.8 Å². The zero-order valence-corrected chi connectivity index (χ0v) is 10.1. The lowest BCUT2D eigenvalue weighted by molar-refractivity contribution is 0.0696. The number of aromatic carboxylic acids is 1. The third-order valence-electron chi connectivity index (χ3n) is 1.98. The third-order valence-corrected chi connectivity index (χ3v) is 2.32. The highest BCUT2D eigenvalue weighted by molar-refractivity contribution is 6.31. The normalized spacial score (nSPS) is 10.4. The van der Waals surface area contributed by atoms with Crippen LogP contribution in [-0.4, -0.2) is 26.0 Å². The summed E-state index contributed by atoms with van der Waals surface area (Å²) in [6, 6.07) is 3.18. The van der Waals surface area contributed by atoms with Crippen molar-refractivity contribution in [3.8, 4) is 11.4 Å². The molecule has 0 spiro atoms. The van der Waals surface area contributed by atoms with Crippen molar-refractivity contribution in [2.24, 2.45) is 0 Å². The Balaban J connectivity index is 2.59. The monoisotopic (exact) mass is 287 g/mol. The number of hydrogen-bond donors (Lipinski definition) is 1. The van der Waals surface area contributed by atoms with Crippen molar-refractivity contribution in [3.05, 3.63) is 40.1 Å². The zero-order valence-electron chi connectivity index (χ0n) is 8.56. The lowest BCUT2D eigenvalue weighted by Gasteiger charge is -2.03. The van der Waals surface area contributed by atoms with Crippen LogP contribution in [0.5, 0.6) is 0 Å². The van der Waals surface area contributed by atoms with Gasteiger partial charge in [0.05, 0.1) is 5.56 Å². The maximum absolute atomic E-state index is 13.3. The van der Waals surface area contributed by atoms with Crippen LogP contribution < -0.4 is 0 Å². The molecule has 0 fully saturated rings. The third kappa shape index (κ3) is 2.72. The predicted molar refractivity (Wildman–Crippen MR) is 62.2 cm³/mol. The summed E-state index contributed by atoms with van der Waals surface area (Å²) in [5.74, 6) is -1.98. The molecule has 18 heavy (non-hydrogen) atoms. The Hall–Kier alpha value is -1.79. The summed E-state index contributed by atoms with van der Waals surface area (Å²) in [6.07, 6.45) is 0. The second kappa shape index (κ2) is 4.83. The van der Waals surface area contributed by atoms with E-state index in [1.807, 2.05) is 0 Å². The second-order valence-electron chi connectivity index (χ2n) is 3.23. The summed E-state index contributed by atoms with van der Waals surface area (Å²) in [7, 11) is 0. The molecule has 8 heteroatoms. The maximum atomic E-state index is 13.3. The minimum Gasteiger partial charge on any atom is -0.478 e. The van der Waals surface area contributed by atoms with Gasteiger partial charge < -0.3 is 5.11 Å². The van der Waals surface area contributed by atoms with Crippen molar-refractivity contribution in [1.82, 2.24) is 15.0 Å². The van der Waals surface area contributed by atoms with E-state index >= 15 is 0 Å². The van der Waals surface area contributed by atoms with Gasteiger partial charge in [-0.1, -0.05) is 0 Å². The Morgan fingerprint density at radius 2 is 1.72 bits per heavy atom. The fraction of sp³-hybridized carbons (Fsp3) is 0. The highest BCUT2D eigenvalue weighted by Crippen LogP contribution is 2.21. The van der Waals surface area contributed by atoms with E-state index in [2.05, 4.69) is 15.0 Å². The summed E-state index contributed by atoms with van der Waals surface area (Å²) in [4.78, 5) is 21.8. The Morgan fingerprint density at radius 1 is 1.11 bits per heavy atom. The van der Waals surface area contributed by atoms with Crippen molar-refractivity contribution in [2.75, 3.05) is 0 Å². The van der Waals surface area contributed by atoms with E-state index in [1.165, 1.54) is 6.07 Å². The molecule has 2 aromatic rings. The van der Waals surface area contributed by atoms with Gasteiger partial charge in [-0.15, -0.1) is 0 Å². The molecule has 2 rings (SSSR count). The Bertz CT molecular complexity index is 616. The maximum Gasteiger partial charge on any atom is 0.335 e. The summed E-state index contributed by atoms with van der Waals surface area (Å²) in [6.45, 7) is 0. The quantitative estimate of drug-likeness (QED) is 0.919. The molecule has 0 amide bonds. The van der Waals surface area contributed by atoms with Crippen LogP contribution in [0.4, 0.5) is 4.39 Å². The second-order valence-corrected chi connectivity index (χ2v) is 3.91. The molecule has 0 unspecified atom stereocenters. The van der Waals surface area contributed by atoms with Crippen molar-refractivity contribution in [1.29, 1.82) is 0 Å². The molecule has 0 bridgehead atoms. The zero-order chi connectivity index (χ0) is 13.3. The van der Waals surface area contributed by atoms with E-state index in [9.17, 15) is 9.18 Å². The van der Waals surface area contributed by atoms with Crippen LogP contribution in [0.2, 0.25) is 10.6 Å². The smallest absolute Gasteiger partial charge is 0.335 e. The van der Waals surface area contributed by atoms with E-state index in [0.717, 1.165) is 12.1 Å². The average Bonchev–Trinajstić information content (AvgIpc) is 2.26. The lowest BCUT2D eigenvalue weighted by Crippen LogP contribution is -2.00. The fourth-order valence-electron chi connectivity index (χ4n) is 1.30. The molecule has 0 radical (unpaired) electrons. The topological polar surface area (TPSA) is 76.0 Å². The first kappa shape index (κ1) is 12.7. The number of aromatic nitrogens is 3. The van der Waals surface area contributed by atoms with Crippen LogP contribution in [0.15, 0.2) is 18.2 Å². The number of benzene rings is 1. The van der Waals surface area contributed by atoms with E-state index in [0.29, 0.717) is 0 Å². The van der Waals surface area contributed by atoms with Crippen molar-refractivity contribution >= 4 is 29.2 Å². The summed E-state index contributed by atoms with van der Waals surface area (Å²) in [5.41, 5.74) is -0.0729. The molecule has 0 saturated carbocycles. The molecule has 1 aromatic carbocycles. The first-order valence-corrected chi connectivity index (χ1v) is 5.32. The minimum absolute atomic E-state index is 0.00185. The van der Waals surface area contributed by atoms with Crippen LogP contribution in [0.25, 0.3) is 11.4 Å². The number of nitrogens with zero attached hydrogens (tertiary/aromatic N) is 3. The molecule has 1 N–H and O–H groups in total. The molecule has 0 saturated heterocycles. The van der Waals surface area contributed by atoms with Crippen molar-refractivity contribution in [2.45, 2.75) is 0 Å². The van der Waals surface area contributed by atoms with Gasteiger partial charge in [-0.3, -0.25) is 0 Å². The van der Waals surface area contributed by atoms with Gasteiger partial charge in [0.2, 0.25) is 10.6 Å². The van der Waals surface area contributed by atoms with Crippen molar-refractivity contribution in [3.63, 3.8) is 0 Å². The average molecular weight is 288 g/mol. The minimum atomic E-state index is -1.26. The van der Waals surface area contributed by atoms with Gasteiger partial charge in [0.25, 0.3) is 0 Å². The largest absolute Gasteiger partial charge is 0.478 e. The predicted octanol–water partition coefficient (Wildman–Crippen LogP) is 2.68. The first-order chi connectivity index (χ1) is 8.45. The number of hydrogen-bond acceptors (Lipinski definition) is 4. The molecule has 0 aliphatic carbocycles. The molecule has 1 heterocycles. The van der Waals surface area contributed by atoms with E-state index in [1.54, 1.807) is 0 Å². The number of rotatable bonds is 2. The van der Waals surface area contributed by atoms with Gasteiger partial charge in [0.1, 0.15) is 5.82 Å². The highest BCUT2D eigenvalue weighted by atomic mass is 35.5. The molecular weight excluding hydrogens is 284 g/mol. The first-order valence-electron chi connectivity index (χ1n) is 4.57. The summed E-state index contributed by atoms with van der Waals surface area (Å²) < 4.78 is 13.3. The van der Waals surface area contributed by atoms with Crippen LogP contribution in [0.1, 0.15) is 10.4 Å². The Kier molecular flexibility index (Phi) is 3.40. The molecule has 5 nitrogen and oxygen atoms in total. The highest BCUT2D eigenvalue weighted by Gasteiger charge is 2.12. The van der Waals surface area contributed by atoms with Crippen LogP contribution in [-0.2, 0) is 0 Å². The standard InChI is InChI=1S/C10H4Cl2FN3O2/c11-9-14-7(15-10(12)16-9)4-1-5(8(17)18)3-6(13)2-4/h1-3H,(H,17,18). The number of carboxylic acid groups (broad SMARTS) is 1. The Labute approximate surface area is 110 Å². The van der Waals surface area contributed by atoms with Crippen molar-refractivity contribution < 1.29 is 14.3 Å². The van der Waals surface area contributed by atoms with E-state index in [-0.39, 0.29) is 27.5 Å². The van der Waals surface area contributed by atoms with Gasteiger partial charge in [-0.25, -0.2) is 9.18 Å². The van der Waals surface area contributed by atoms with Crippen LogP contribution >= 0.6 is 23.2 Å². The molecule has 92 valence electrons. The lowest BCUT2D eigenvalue weighted by atomic mass is 10.1. The molecule has 0 aliphatic rings. The van der Waals surface area contributed by atoms with Gasteiger partial charge in [-0.2, -0.15) is 15.0 Å². The van der Waals surface area contributed by atoms with Gasteiger partial charge in [0, 0.05) is 5.56 Å². The van der Waals surface area contributed by atoms with Crippen LogP contribution in [0.3, 0.4) is 0 Å². The number of carbonyl (C=O) groups is 1. The molecule has 0 aliphatic heterocycles. The number of halogens is 3. The van der Waals surface area contributed by atoms with Gasteiger partial charge in [-0.05, 0) is 41.4 Å². The SMILES string of the molecule is O=C(O)c1cc(F)cc(-c2nc(Cl)nc(Cl)n2)c1. The molecular formula is C10H4Cl2FN3O2. The summed E-state index contributed by atoms with van der Waals surface area (Å²) in [5, 5.41) is 8.50. The number of carboxylic acids is 1. The molecule has 1 aromatic heterocycles. The van der Waals surface area contributed by atoms with Gasteiger partial charge in [0.15, 0.2) is 5.82 Å². The summed E-state index contributed by atoms with van der Waals surface area (Å²) >= 11 is 11.2.